The summed E-state index contributed by atoms with van der Waals surface area (Å²) in [5, 5.41) is 6.98. The van der Waals surface area contributed by atoms with Crippen LogP contribution in [0.4, 0.5) is 16.2 Å². The summed E-state index contributed by atoms with van der Waals surface area (Å²) in [7, 11) is 1.99. The maximum absolute atomic E-state index is 12.7. The molecular formula is C20H24N4O2S. The highest BCUT2D eigenvalue weighted by Crippen LogP contribution is 2.34. The predicted octanol–water partition coefficient (Wildman–Crippen LogP) is 3.01. The summed E-state index contributed by atoms with van der Waals surface area (Å²) in [5.41, 5.74) is 2.73. The highest BCUT2D eigenvalue weighted by molar-refractivity contribution is 7.08. The van der Waals surface area contributed by atoms with E-state index in [2.05, 4.69) is 10.2 Å². The van der Waals surface area contributed by atoms with Crippen LogP contribution in [0.2, 0.25) is 0 Å². The number of nitrogens with one attached hydrogen (secondary N) is 1. The van der Waals surface area contributed by atoms with E-state index in [0.29, 0.717) is 26.2 Å². The molecule has 6 nitrogen and oxygen atoms in total. The first-order chi connectivity index (χ1) is 13.0. The van der Waals surface area contributed by atoms with Crippen LogP contribution in [0.5, 0.6) is 0 Å². The highest BCUT2D eigenvalue weighted by Gasteiger charge is 2.48. The number of thiophene rings is 1. The van der Waals surface area contributed by atoms with Gasteiger partial charge in [0.25, 0.3) is 0 Å². The zero-order valence-corrected chi connectivity index (χ0v) is 16.5. The largest absolute Gasteiger partial charge is 0.323 e. The van der Waals surface area contributed by atoms with Gasteiger partial charge < -0.3 is 15.1 Å². The molecule has 1 aromatic heterocycles. The number of benzene rings is 1. The van der Waals surface area contributed by atoms with Gasteiger partial charge in [0.05, 0.1) is 17.8 Å². The molecule has 2 aliphatic rings. The van der Waals surface area contributed by atoms with Gasteiger partial charge in [-0.25, -0.2) is 4.79 Å². The SMILES string of the molecule is Cc1ccc(NC(=O)N2CC[C@@]3(C2)CN(c2ccsc2)C(=O)CN3C)cc1. The van der Waals surface area contributed by atoms with E-state index in [1.165, 1.54) is 0 Å². The van der Waals surface area contributed by atoms with Crippen molar-refractivity contribution in [2.24, 2.45) is 0 Å². The molecule has 2 aliphatic heterocycles. The van der Waals surface area contributed by atoms with Gasteiger partial charge in [-0.05, 0) is 44.0 Å². The van der Waals surface area contributed by atoms with Crippen LogP contribution in [0.25, 0.3) is 0 Å². The van der Waals surface area contributed by atoms with Crippen LogP contribution >= 0.6 is 11.3 Å². The van der Waals surface area contributed by atoms with Gasteiger partial charge >= 0.3 is 6.03 Å². The van der Waals surface area contributed by atoms with Crippen molar-refractivity contribution in [2.45, 2.75) is 18.9 Å². The monoisotopic (exact) mass is 384 g/mol. The average Bonchev–Trinajstić information content (AvgIpc) is 3.31. The van der Waals surface area contributed by atoms with Crippen molar-refractivity contribution < 1.29 is 9.59 Å². The number of carbonyl (C=O) groups is 2. The third kappa shape index (κ3) is 3.44. The number of likely N-dealkylation sites (N-methyl/N-ethyl adjacent to an activating group) is 1. The number of rotatable bonds is 2. The minimum Gasteiger partial charge on any atom is -0.323 e. The predicted molar refractivity (Wildman–Crippen MR) is 108 cm³/mol. The Kier molecular flexibility index (Phi) is 4.65. The third-order valence-corrected chi connectivity index (χ3v) is 6.35. The smallest absolute Gasteiger partial charge is 0.321 e. The van der Waals surface area contributed by atoms with E-state index in [-0.39, 0.29) is 17.5 Å². The van der Waals surface area contributed by atoms with Gasteiger partial charge in [-0.3, -0.25) is 9.69 Å². The van der Waals surface area contributed by atoms with E-state index in [1.807, 2.05) is 64.9 Å². The lowest BCUT2D eigenvalue weighted by Gasteiger charge is -2.46. The van der Waals surface area contributed by atoms with Crippen LogP contribution in [0.15, 0.2) is 41.1 Å². The number of carbonyl (C=O) groups excluding carboxylic acids is 2. The first kappa shape index (κ1) is 18.0. The van der Waals surface area contributed by atoms with Crippen molar-refractivity contribution in [2.75, 3.05) is 43.4 Å². The fourth-order valence-corrected chi connectivity index (χ4v) is 4.56. The second kappa shape index (κ2) is 6.98. The average molecular weight is 385 g/mol. The van der Waals surface area contributed by atoms with E-state index in [4.69, 9.17) is 0 Å². The lowest BCUT2D eigenvalue weighted by molar-refractivity contribution is -0.123. The van der Waals surface area contributed by atoms with Crippen LogP contribution in [-0.4, -0.2) is 60.5 Å². The summed E-state index contributed by atoms with van der Waals surface area (Å²) in [6.07, 6.45) is 0.860. The lowest BCUT2D eigenvalue weighted by atomic mass is 9.93. The number of amides is 3. The van der Waals surface area contributed by atoms with Crippen molar-refractivity contribution in [1.29, 1.82) is 0 Å². The van der Waals surface area contributed by atoms with Crippen LogP contribution in [0, 0.1) is 6.92 Å². The molecule has 1 atom stereocenters. The molecule has 3 heterocycles. The second-order valence-corrected chi connectivity index (χ2v) is 8.29. The zero-order valence-electron chi connectivity index (χ0n) is 15.6. The fourth-order valence-electron chi connectivity index (χ4n) is 3.92. The fraction of sp³-hybridized carbons (Fsp3) is 0.400. The summed E-state index contributed by atoms with van der Waals surface area (Å²) in [5.74, 6) is 0.115. The molecule has 1 spiro atoms. The molecule has 2 aromatic rings. The molecule has 4 rings (SSSR count). The minimum atomic E-state index is -0.194. The Balaban J connectivity index is 1.47. The Morgan fingerprint density at radius 3 is 2.67 bits per heavy atom. The Hall–Kier alpha value is -2.38. The van der Waals surface area contributed by atoms with Crippen LogP contribution in [-0.2, 0) is 4.79 Å². The number of likely N-dealkylation sites (tertiary alicyclic amines) is 1. The number of anilines is 2. The number of hydrogen-bond acceptors (Lipinski definition) is 4. The Labute approximate surface area is 163 Å². The summed E-state index contributed by atoms with van der Waals surface area (Å²) in [4.78, 5) is 31.1. The molecule has 2 saturated heterocycles. The maximum atomic E-state index is 12.7. The second-order valence-electron chi connectivity index (χ2n) is 7.51. The number of urea groups is 1. The van der Waals surface area contributed by atoms with E-state index in [9.17, 15) is 9.59 Å². The topological polar surface area (TPSA) is 55.9 Å². The maximum Gasteiger partial charge on any atom is 0.321 e. The van der Waals surface area contributed by atoms with E-state index in [1.54, 1.807) is 11.3 Å². The van der Waals surface area contributed by atoms with E-state index < -0.39 is 0 Å². The van der Waals surface area contributed by atoms with Gasteiger partial charge in [-0.15, -0.1) is 0 Å². The summed E-state index contributed by atoms with van der Waals surface area (Å²) in [6, 6.07) is 9.72. The minimum absolute atomic E-state index is 0.0805. The van der Waals surface area contributed by atoms with Gasteiger partial charge in [0.2, 0.25) is 5.91 Å². The first-order valence-corrected chi connectivity index (χ1v) is 10.1. The Morgan fingerprint density at radius 1 is 1.19 bits per heavy atom. The molecule has 2 fully saturated rings. The van der Waals surface area contributed by atoms with Crippen LogP contribution < -0.4 is 10.2 Å². The van der Waals surface area contributed by atoms with Crippen molar-refractivity contribution >= 4 is 34.6 Å². The van der Waals surface area contributed by atoms with Gasteiger partial charge in [0.1, 0.15) is 0 Å². The molecular weight excluding hydrogens is 360 g/mol. The molecule has 0 aliphatic carbocycles. The molecule has 7 heteroatoms. The molecule has 1 aromatic carbocycles. The molecule has 0 unspecified atom stereocenters. The lowest BCUT2D eigenvalue weighted by Crippen LogP contribution is -2.64. The van der Waals surface area contributed by atoms with Gasteiger partial charge in [-0.2, -0.15) is 11.3 Å². The first-order valence-electron chi connectivity index (χ1n) is 9.13. The molecule has 1 N–H and O–H groups in total. The van der Waals surface area contributed by atoms with Gasteiger partial charge in [0, 0.05) is 30.7 Å². The number of aryl methyl sites for hydroxylation is 1. The zero-order chi connectivity index (χ0) is 19.0. The molecule has 0 saturated carbocycles. The van der Waals surface area contributed by atoms with Crippen LogP contribution in [0.1, 0.15) is 12.0 Å². The van der Waals surface area contributed by atoms with Gasteiger partial charge in [-0.1, -0.05) is 17.7 Å². The summed E-state index contributed by atoms with van der Waals surface area (Å²) < 4.78 is 0. The number of nitrogens with zero attached hydrogens (tertiary/aromatic N) is 3. The highest BCUT2D eigenvalue weighted by atomic mass is 32.1. The van der Waals surface area contributed by atoms with Gasteiger partial charge in [0.15, 0.2) is 0 Å². The normalized spacial score (nSPS) is 23.3. The van der Waals surface area contributed by atoms with Crippen LogP contribution in [0.3, 0.4) is 0 Å². The van der Waals surface area contributed by atoms with Crippen molar-refractivity contribution in [1.82, 2.24) is 9.80 Å². The van der Waals surface area contributed by atoms with E-state index in [0.717, 1.165) is 23.4 Å². The number of piperazine rings is 1. The van der Waals surface area contributed by atoms with Crippen molar-refractivity contribution in [3.63, 3.8) is 0 Å². The summed E-state index contributed by atoms with van der Waals surface area (Å²) in [6.45, 7) is 4.33. The molecule has 3 amide bonds. The Morgan fingerprint density at radius 2 is 1.96 bits per heavy atom. The third-order valence-electron chi connectivity index (χ3n) is 5.68. The quantitative estimate of drug-likeness (QED) is 0.866. The van der Waals surface area contributed by atoms with Crippen molar-refractivity contribution in [3.05, 3.63) is 46.7 Å². The number of hydrogen-bond donors (Lipinski definition) is 1. The molecule has 27 heavy (non-hydrogen) atoms. The molecule has 142 valence electrons. The Bertz CT molecular complexity index is 836. The standard InChI is InChI=1S/C20H24N4O2S/c1-15-3-5-16(6-4-15)21-19(26)23-9-8-20(13-23)14-24(17-7-10-27-12-17)18(25)11-22(20)2/h3-7,10,12H,8-9,11,13-14H2,1-2H3,(H,21,26)/t20-/m1/s1. The molecule has 0 radical (unpaired) electrons. The summed E-state index contributed by atoms with van der Waals surface area (Å²) >= 11 is 1.59. The van der Waals surface area contributed by atoms with Crippen molar-refractivity contribution in [3.8, 4) is 0 Å². The van der Waals surface area contributed by atoms with E-state index >= 15 is 0 Å². The molecule has 0 bridgehead atoms.